The maximum absolute atomic E-state index is 11.0. The van der Waals surface area contributed by atoms with Crippen LogP contribution < -0.4 is 5.32 Å². The lowest BCUT2D eigenvalue weighted by molar-refractivity contribution is -0.145. The summed E-state index contributed by atoms with van der Waals surface area (Å²) in [4.78, 5) is 12.1. The Bertz CT molecular complexity index is 415. The van der Waals surface area contributed by atoms with Gasteiger partial charge in [0.05, 0.1) is 5.41 Å². The molecule has 1 unspecified atom stereocenters. The molecule has 4 heteroatoms. The summed E-state index contributed by atoms with van der Waals surface area (Å²) in [6, 6.07) is 8.67. The van der Waals surface area contributed by atoms with Crippen LogP contribution in [-0.2, 0) is 4.79 Å². The fourth-order valence-electron chi connectivity index (χ4n) is 1.60. The van der Waals surface area contributed by atoms with Crippen molar-refractivity contribution in [2.75, 3.05) is 12.3 Å². The Balaban J connectivity index is 2.60. The van der Waals surface area contributed by atoms with Crippen molar-refractivity contribution in [3.8, 4) is 0 Å². The zero-order chi connectivity index (χ0) is 14.5. The Hall–Kier alpha value is -1.00. The Kier molecular flexibility index (Phi) is 5.88. The second-order valence-corrected chi connectivity index (χ2v) is 6.37. The average molecular weight is 281 g/mol. The summed E-state index contributed by atoms with van der Waals surface area (Å²) in [5.74, 6) is -0.179. The molecule has 3 nitrogen and oxygen atoms in total. The minimum absolute atomic E-state index is 0.347. The minimum Gasteiger partial charge on any atom is -0.481 e. The van der Waals surface area contributed by atoms with Gasteiger partial charge in [0.1, 0.15) is 0 Å². The normalized spacial score (nSPS) is 13.3. The van der Waals surface area contributed by atoms with Gasteiger partial charge in [-0.15, -0.1) is 11.8 Å². The number of nitrogens with one attached hydrogen (secondary N) is 1. The van der Waals surface area contributed by atoms with Crippen molar-refractivity contribution in [2.45, 2.75) is 38.6 Å². The lowest BCUT2D eigenvalue weighted by atomic mass is 9.97. The smallest absolute Gasteiger partial charge is 0.309 e. The lowest BCUT2D eigenvalue weighted by Gasteiger charge is -2.18. The molecule has 0 heterocycles. The van der Waals surface area contributed by atoms with E-state index < -0.39 is 11.4 Å². The third-order valence-electron chi connectivity index (χ3n) is 3.07. The highest BCUT2D eigenvalue weighted by atomic mass is 32.2. The standard InChI is InChI=1S/C15H23NO2S/c1-5-16-11(2)12-6-8-13(9-7-12)19-10-15(3,4)14(17)18/h6-9,11,16H,5,10H2,1-4H3,(H,17,18). The molecule has 1 aromatic rings. The van der Waals surface area contributed by atoms with Crippen molar-refractivity contribution >= 4 is 17.7 Å². The van der Waals surface area contributed by atoms with Crippen LogP contribution in [-0.4, -0.2) is 23.4 Å². The molecule has 19 heavy (non-hydrogen) atoms. The van der Waals surface area contributed by atoms with Crippen molar-refractivity contribution in [3.05, 3.63) is 29.8 Å². The summed E-state index contributed by atoms with van der Waals surface area (Å²) in [5, 5.41) is 12.4. The molecule has 0 saturated carbocycles. The van der Waals surface area contributed by atoms with Gasteiger partial charge < -0.3 is 10.4 Å². The molecule has 1 aromatic carbocycles. The third kappa shape index (κ3) is 4.88. The van der Waals surface area contributed by atoms with Crippen LogP contribution in [0.4, 0.5) is 0 Å². The van der Waals surface area contributed by atoms with E-state index >= 15 is 0 Å². The topological polar surface area (TPSA) is 49.3 Å². The van der Waals surface area contributed by atoms with Crippen LogP contribution in [0, 0.1) is 5.41 Å². The molecule has 0 amide bonds. The minimum atomic E-state index is -0.752. The lowest BCUT2D eigenvalue weighted by Crippen LogP contribution is -2.26. The van der Waals surface area contributed by atoms with E-state index in [2.05, 4.69) is 43.4 Å². The maximum Gasteiger partial charge on any atom is 0.309 e. The summed E-state index contributed by atoms with van der Waals surface area (Å²) in [6.45, 7) is 8.69. The first-order valence-corrected chi connectivity index (χ1v) is 7.55. The van der Waals surface area contributed by atoms with Crippen molar-refractivity contribution in [3.63, 3.8) is 0 Å². The van der Waals surface area contributed by atoms with E-state index in [4.69, 9.17) is 5.11 Å². The molecular weight excluding hydrogens is 258 g/mol. The molecule has 0 spiro atoms. The van der Waals surface area contributed by atoms with Crippen molar-refractivity contribution in [1.29, 1.82) is 0 Å². The summed E-state index contributed by atoms with van der Waals surface area (Å²) in [7, 11) is 0. The number of hydrogen-bond acceptors (Lipinski definition) is 3. The van der Waals surface area contributed by atoms with Gasteiger partial charge in [0.25, 0.3) is 0 Å². The molecule has 0 radical (unpaired) electrons. The first-order valence-electron chi connectivity index (χ1n) is 6.56. The Morgan fingerprint density at radius 1 is 1.37 bits per heavy atom. The zero-order valence-corrected chi connectivity index (χ0v) is 12.9. The molecule has 1 rings (SSSR count). The largest absolute Gasteiger partial charge is 0.481 e. The second kappa shape index (κ2) is 6.96. The van der Waals surface area contributed by atoms with Crippen molar-refractivity contribution < 1.29 is 9.90 Å². The van der Waals surface area contributed by atoms with Crippen LogP contribution >= 0.6 is 11.8 Å². The highest BCUT2D eigenvalue weighted by molar-refractivity contribution is 7.99. The van der Waals surface area contributed by atoms with Gasteiger partial charge in [-0.25, -0.2) is 0 Å². The summed E-state index contributed by atoms with van der Waals surface area (Å²) >= 11 is 1.59. The van der Waals surface area contributed by atoms with E-state index in [1.807, 2.05) is 0 Å². The zero-order valence-electron chi connectivity index (χ0n) is 12.1. The van der Waals surface area contributed by atoms with Crippen molar-refractivity contribution in [1.82, 2.24) is 5.32 Å². The molecular formula is C15H23NO2S. The number of aliphatic carboxylic acids is 1. The van der Waals surface area contributed by atoms with Crippen LogP contribution in [0.1, 0.15) is 39.3 Å². The predicted octanol–water partition coefficient (Wildman–Crippen LogP) is 3.56. The van der Waals surface area contributed by atoms with E-state index in [-0.39, 0.29) is 0 Å². The SMILES string of the molecule is CCNC(C)c1ccc(SCC(C)(C)C(=O)O)cc1. The van der Waals surface area contributed by atoms with Gasteiger partial charge in [-0.2, -0.15) is 0 Å². The molecule has 0 bridgehead atoms. The van der Waals surface area contributed by atoms with E-state index in [0.717, 1.165) is 11.4 Å². The van der Waals surface area contributed by atoms with Gasteiger partial charge in [-0.1, -0.05) is 19.1 Å². The first-order chi connectivity index (χ1) is 8.86. The Morgan fingerprint density at radius 3 is 2.42 bits per heavy atom. The monoisotopic (exact) mass is 281 g/mol. The molecule has 0 saturated heterocycles. The van der Waals surface area contributed by atoms with Gasteiger partial charge in [0, 0.05) is 16.7 Å². The summed E-state index contributed by atoms with van der Waals surface area (Å²) < 4.78 is 0. The van der Waals surface area contributed by atoms with Crippen molar-refractivity contribution in [2.24, 2.45) is 5.41 Å². The number of thioether (sulfide) groups is 1. The number of rotatable bonds is 7. The molecule has 0 aromatic heterocycles. The highest BCUT2D eigenvalue weighted by Crippen LogP contribution is 2.28. The first kappa shape index (κ1) is 16.1. The number of carboxylic acids is 1. The molecule has 0 aliphatic carbocycles. The van der Waals surface area contributed by atoms with Crippen LogP contribution in [0.25, 0.3) is 0 Å². The fourth-order valence-corrected chi connectivity index (χ4v) is 2.58. The van der Waals surface area contributed by atoms with Crippen LogP contribution in [0.3, 0.4) is 0 Å². The van der Waals surface area contributed by atoms with Gasteiger partial charge in [-0.3, -0.25) is 4.79 Å². The third-order valence-corrected chi connectivity index (χ3v) is 4.54. The molecule has 0 fully saturated rings. The second-order valence-electron chi connectivity index (χ2n) is 5.33. The van der Waals surface area contributed by atoms with E-state index in [1.54, 1.807) is 25.6 Å². The quantitative estimate of drug-likeness (QED) is 0.750. The average Bonchev–Trinajstić information content (AvgIpc) is 2.37. The van der Waals surface area contributed by atoms with Gasteiger partial charge in [-0.05, 0) is 45.0 Å². The van der Waals surface area contributed by atoms with E-state index in [0.29, 0.717) is 11.8 Å². The summed E-state index contributed by atoms with van der Waals surface area (Å²) in [6.07, 6.45) is 0. The maximum atomic E-state index is 11.0. The number of carbonyl (C=O) groups is 1. The molecule has 1 atom stereocenters. The molecule has 0 aliphatic rings. The Labute approximate surface area is 119 Å². The van der Waals surface area contributed by atoms with Gasteiger partial charge in [0.2, 0.25) is 0 Å². The molecule has 2 N–H and O–H groups in total. The van der Waals surface area contributed by atoms with Crippen LogP contribution in [0.15, 0.2) is 29.2 Å². The Morgan fingerprint density at radius 2 is 1.95 bits per heavy atom. The predicted molar refractivity (Wildman–Crippen MR) is 80.7 cm³/mol. The number of benzene rings is 1. The van der Waals surface area contributed by atoms with Crippen LogP contribution in [0.5, 0.6) is 0 Å². The number of hydrogen-bond donors (Lipinski definition) is 2. The van der Waals surface area contributed by atoms with E-state index in [9.17, 15) is 4.79 Å². The van der Waals surface area contributed by atoms with Gasteiger partial charge in [0.15, 0.2) is 0 Å². The van der Waals surface area contributed by atoms with E-state index in [1.165, 1.54) is 5.56 Å². The summed E-state index contributed by atoms with van der Waals surface area (Å²) in [5.41, 5.74) is 0.559. The fraction of sp³-hybridized carbons (Fsp3) is 0.533. The van der Waals surface area contributed by atoms with Gasteiger partial charge >= 0.3 is 5.97 Å². The van der Waals surface area contributed by atoms with Crippen LogP contribution in [0.2, 0.25) is 0 Å². The highest BCUT2D eigenvalue weighted by Gasteiger charge is 2.26. The molecule has 106 valence electrons. The molecule has 0 aliphatic heterocycles. The number of carboxylic acid groups (broad SMARTS) is 1.